The Morgan fingerprint density at radius 3 is 2.35 bits per heavy atom. The van der Waals surface area contributed by atoms with Crippen LogP contribution in [0.3, 0.4) is 0 Å². The molecule has 0 bridgehead atoms. The van der Waals surface area contributed by atoms with Gasteiger partial charge in [-0.05, 0) is 24.0 Å². The maximum atomic E-state index is 12.5. The van der Waals surface area contributed by atoms with Gasteiger partial charge < -0.3 is 16.6 Å². The quantitative estimate of drug-likeness (QED) is 0.401. The SMILES string of the molecule is NC(=NC(=O)c1cnn(CC(=O)O)c1)C1(c2ccc(-c3cnc(N)nc3)cc2)CCC1. The molecule has 3 aromatic rings. The van der Waals surface area contributed by atoms with E-state index in [4.69, 9.17) is 16.6 Å². The highest BCUT2D eigenvalue weighted by atomic mass is 16.4. The Morgan fingerprint density at radius 1 is 1.10 bits per heavy atom. The second-order valence-electron chi connectivity index (χ2n) is 7.47. The monoisotopic (exact) mass is 419 g/mol. The van der Waals surface area contributed by atoms with Crippen molar-refractivity contribution in [2.75, 3.05) is 5.73 Å². The number of rotatable bonds is 6. The maximum Gasteiger partial charge on any atom is 0.325 e. The molecular formula is C21H21N7O3. The number of nitrogens with two attached hydrogens (primary N) is 2. The fraction of sp³-hybridized carbons (Fsp3) is 0.238. The van der Waals surface area contributed by atoms with Crippen LogP contribution >= 0.6 is 0 Å². The smallest absolute Gasteiger partial charge is 0.325 e. The van der Waals surface area contributed by atoms with E-state index >= 15 is 0 Å². The number of carbonyl (C=O) groups excluding carboxylic acids is 1. The molecule has 1 aromatic carbocycles. The van der Waals surface area contributed by atoms with E-state index in [0.29, 0.717) is 0 Å². The van der Waals surface area contributed by atoms with Crippen LogP contribution in [-0.4, -0.2) is 42.6 Å². The van der Waals surface area contributed by atoms with Crippen LogP contribution in [0.1, 0.15) is 35.2 Å². The van der Waals surface area contributed by atoms with Gasteiger partial charge in [-0.2, -0.15) is 10.1 Å². The second-order valence-corrected chi connectivity index (χ2v) is 7.47. The van der Waals surface area contributed by atoms with Crippen LogP contribution in [-0.2, 0) is 16.8 Å². The number of hydrogen-bond donors (Lipinski definition) is 3. The van der Waals surface area contributed by atoms with Gasteiger partial charge in [-0.15, -0.1) is 0 Å². The van der Waals surface area contributed by atoms with Gasteiger partial charge in [0, 0.05) is 24.2 Å². The minimum atomic E-state index is -1.05. The van der Waals surface area contributed by atoms with Crippen molar-refractivity contribution in [3.05, 3.63) is 60.2 Å². The third-order valence-electron chi connectivity index (χ3n) is 5.54. The molecule has 1 aliphatic carbocycles. The Bertz CT molecular complexity index is 1150. The van der Waals surface area contributed by atoms with E-state index in [0.717, 1.165) is 36.0 Å². The third kappa shape index (κ3) is 4.00. The van der Waals surface area contributed by atoms with E-state index in [9.17, 15) is 9.59 Å². The Hall–Kier alpha value is -4.08. The number of aliphatic carboxylic acids is 1. The van der Waals surface area contributed by atoms with Gasteiger partial charge in [0.25, 0.3) is 5.91 Å². The summed E-state index contributed by atoms with van der Waals surface area (Å²) in [6, 6.07) is 7.86. The molecule has 1 fully saturated rings. The zero-order chi connectivity index (χ0) is 22.0. The van der Waals surface area contributed by atoms with Gasteiger partial charge in [-0.25, -0.2) is 9.97 Å². The van der Waals surface area contributed by atoms with Crippen LogP contribution in [0, 0.1) is 0 Å². The number of anilines is 1. The normalized spacial score (nSPS) is 15.3. The molecule has 1 amide bonds. The standard InChI is InChI=1S/C21H21N7O3/c22-19(27-18(31)15-10-26-28(11-15)12-17(29)30)21(6-1-7-21)16-4-2-13(3-5-16)14-8-24-20(23)25-9-14/h2-5,8-11H,1,6-7,12H2,(H,29,30)(H2,22,27,31)(H2,23,24,25). The summed E-state index contributed by atoms with van der Waals surface area (Å²) in [5, 5.41) is 12.7. The molecule has 31 heavy (non-hydrogen) atoms. The topological polar surface area (TPSA) is 162 Å². The van der Waals surface area contributed by atoms with Crippen LogP contribution in [0.25, 0.3) is 11.1 Å². The highest BCUT2D eigenvalue weighted by molar-refractivity contribution is 6.06. The van der Waals surface area contributed by atoms with Crippen molar-refractivity contribution >= 4 is 23.7 Å². The Morgan fingerprint density at radius 2 is 1.77 bits per heavy atom. The lowest BCUT2D eigenvalue weighted by Crippen LogP contribution is -2.47. The van der Waals surface area contributed by atoms with Crippen LogP contribution in [0.2, 0.25) is 0 Å². The Labute approximate surface area is 177 Å². The second kappa shape index (κ2) is 7.98. The highest BCUT2D eigenvalue weighted by Crippen LogP contribution is 2.44. The van der Waals surface area contributed by atoms with E-state index in [1.807, 2.05) is 24.3 Å². The summed E-state index contributed by atoms with van der Waals surface area (Å²) < 4.78 is 1.17. The molecule has 2 heterocycles. The highest BCUT2D eigenvalue weighted by Gasteiger charge is 2.42. The van der Waals surface area contributed by atoms with Gasteiger partial charge in [0.2, 0.25) is 5.95 Å². The number of benzene rings is 1. The maximum absolute atomic E-state index is 12.5. The molecule has 4 rings (SSSR count). The number of carbonyl (C=O) groups is 2. The lowest BCUT2D eigenvalue weighted by Gasteiger charge is -2.41. The van der Waals surface area contributed by atoms with Gasteiger partial charge in [0.15, 0.2) is 0 Å². The van der Waals surface area contributed by atoms with Gasteiger partial charge >= 0.3 is 5.97 Å². The molecule has 0 saturated heterocycles. The van der Waals surface area contributed by atoms with E-state index in [1.54, 1.807) is 12.4 Å². The predicted molar refractivity (Wildman–Crippen MR) is 113 cm³/mol. The summed E-state index contributed by atoms with van der Waals surface area (Å²) >= 11 is 0. The lowest BCUT2D eigenvalue weighted by molar-refractivity contribution is -0.137. The first-order valence-corrected chi connectivity index (χ1v) is 9.69. The van der Waals surface area contributed by atoms with Gasteiger partial charge in [-0.1, -0.05) is 30.7 Å². The van der Waals surface area contributed by atoms with Gasteiger partial charge in [0.1, 0.15) is 12.4 Å². The summed E-state index contributed by atoms with van der Waals surface area (Å²) in [5.74, 6) is -1.13. The Balaban J connectivity index is 1.56. The van der Waals surface area contributed by atoms with E-state index in [-0.39, 0.29) is 23.9 Å². The molecule has 10 heteroatoms. The molecule has 0 aliphatic heterocycles. The average molecular weight is 419 g/mol. The number of amidine groups is 1. The van der Waals surface area contributed by atoms with E-state index < -0.39 is 17.3 Å². The Kier molecular flexibility index (Phi) is 5.20. The predicted octanol–water partition coefficient (Wildman–Crippen LogP) is 1.63. The van der Waals surface area contributed by atoms with Crippen molar-refractivity contribution in [1.82, 2.24) is 19.7 Å². The largest absolute Gasteiger partial charge is 0.480 e. The molecule has 0 radical (unpaired) electrons. The number of carboxylic acids is 1. The van der Waals surface area contributed by atoms with Crippen LogP contribution in [0.5, 0.6) is 0 Å². The van der Waals surface area contributed by atoms with E-state index in [2.05, 4.69) is 20.1 Å². The molecule has 0 spiro atoms. The summed E-state index contributed by atoms with van der Waals surface area (Å²) in [6.45, 7) is -0.332. The van der Waals surface area contributed by atoms with Crippen molar-refractivity contribution in [3.63, 3.8) is 0 Å². The molecule has 158 valence electrons. The molecule has 1 saturated carbocycles. The summed E-state index contributed by atoms with van der Waals surface area (Å²) in [5.41, 5.74) is 14.3. The number of aromatic nitrogens is 4. The molecule has 0 unspecified atom stereocenters. The fourth-order valence-corrected chi connectivity index (χ4v) is 3.67. The first-order valence-electron chi connectivity index (χ1n) is 9.69. The molecule has 0 atom stereocenters. The zero-order valence-electron chi connectivity index (χ0n) is 16.6. The fourth-order valence-electron chi connectivity index (χ4n) is 3.67. The number of nitrogens with zero attached hydrogens (tertiary/aromatic N) is 5. The van der Waals surface area contributed by atoms with Crippen molar-refractivity contribution in [3.8, 4) is 11.1 Å². The first kappa shape index (κ1) is 20.2. The van der Waals surface area contributed by atoms with Crippen molar-refractivity contribution in [2.45, 2.75) is 31.2 Å². The number of carboxylic acid groups (broad SMARTS) is 1. The first-order chi connectivity index (χ1) is 14.9. The van der Waals surface area contributed by atoms with Gasteiger partial charge in [0.05, 0.1) is 17.2 Å². The van der Waals surface area contributed by atoms with Crippen LogP contribution in [0.15, 0.2) is 54.0 Å². The molecule has 2 aromatic heterocycles. The van der Waals surface area contributed by atoms with Crippen molar-refractivity contribution in [1.29, 1.82) is 0 Å². The van der Waals surface area contributed by atoms with Crippen molar-refractivity contribution < 1.29 is 14.7 Å². The minimum absolute atomic E-state index is 0.192. The summed E-state index contributed by atoms with van der Waals surface area (Å²) in [7, 11) is 0. The molecule has 10 nitrogen and oxygen atoms in total. The third-order valence-corrected chi connectivity index (χ3v) is 5.54. The van der Waals surface area contributed by atoms with Gasteiger partial charge in [-0.3, -0.25) is 14.3 Å². The summed E-state index contributed by atoms with van der Waals surface area (Å²) in [6.07, 6.45) is 8.53. The lowest BCUT2D eigenvalue weighted by atomic mass is 9.63. The number of nitrogen functional groups attached to an aromatic ring is 1. The van der Waals surface area contributed by atoms with Crippen molar-refractivity contribution in [2.24, 2.45) is 10.7 Å². The van der Waals surface area contributed by atoms with E-state index in [1.165, 1.54) is 17.1 Å². The molecular weight excluding hydrogens is 398 g/mol. The average Bonchev–Trinajstić information content (AvgIpc) is 3.16. The summed E-state index contributed by atoms with van der Waals surface area (Å²) in [4.78, 5) is 35.5. The zero-order valence-corrected chi connectivity index (χ0v) is 16.6. The van der Waals surface area contributed by atoms with Crippen LogP contribution in [0.4, 0.5) is 5.95 Å². The number of hydrogen-bond acceptors (Lipinski definition) is 6. The molecule has 1 aliphatic rings. The number of aliphatic imine (C=N–C) groups is 1. The minimum Gasteiger partial charge on any atom is -0.480 e. The number of amides is 1. The van der Waals surface area contributed by atoms with Crippen LogP contribution < -0.4 is 11.5 Å². The molecule has 5 N–H and O–H groups in total.